The molecule has 2 aromatic carbocycles. The smallest absolute Gasteiger partial charge is 0.338 e. The van der Waals surface area contributed by atoms with E-state index in [0.29, 0.717) is 34.1 Å². The molecule has 11 heteroatoms. The largest absolute Gasteiger partial charge is 0.496 e. The number of nitrogens with one attached hydrogen (secondary N) is 3. The van der Waals surface area contributed by atoms with Crippen molar-refractivity contribution in [2.24, 2.45) is 5.10 Å². The van der Waals surface area contributed by atoms with Gasteiger partial charge in [0, 0.05) is 11.3 Å². The van der Waals surface area contributed by atoms with E-state index in [0.717, 1.165) is 0 Å². The van der Waals surface area contributed by atoms with Gasteiger partial charge < -0.3 is 29.6 Å². The van der Waals surface area contributed by atoms with Gasteiger partial charge in [0.2, 0.25) is 0 Å². The number of carbonyl (C=O) groups excluding carboxylic acids is 3. The van der Waals surface area contributed by atoms with Crippen molar-refractivity contribution in [3.8, 4) is 17.2 Å². The predicted molar refractivity (Wildman–Crippen MR) is 131 cm³/mol. The molecule has 0 fully saturated rings. The number of benzene rings is 2. The summed E-state index contributed by atoms with van der Waals surface area (Å²) < 4.78 is 21.4. The van der Waals surface area contributed by atoms with Crippen LogP contribution in [0.4, 0.5) is 4.79 Å². The Hall–Kier alpha value is -4.54. The van der Waals surface area contributed by atoms with Crippen LogP contribution in [0.2, 0.25) is 0 Å². The van der Waals surface area contributed by atoms with Gasteiger partial charge in [-0.1, -0.05) is 18.2 Å². The average molecular weight is 497 g/mol. The van der Waals surface area contributed by atoms with Crippen LogP contribution in [-0.2, 0) is 14.3 Å². The molecule has 3 rings (SSSR count). The lowest BCUT2D eigenvalue weighted by molar-refractivity contribution is -0.139. The minimum atomic E-state index is -0.756. The maximum Gasteiger partial charge on any atom is 0.338 e. The van der Waals surface area contributed by atoms with E-state index in [1.54, 1.807) is 51.3 Å². The minimum absolute atomic E-state index is 0.192. The van der Waals surface area contributed by atoms with Crippen LogP contribution >= 0.6 is 0 Å². The van der Waals surface area contributed by atoms with Crippen LogP contribution in [0.15, 0.2) is 58.8 Å². The highest BCUT2D eigenvalue weighted by molar-refractivity contribution is 5.95. The topological polar surface area (TPSA) is 137 Å². The summed E-state index contributed by atoms with van der Waals surface area (Å²) in [6.45, 7) is 3.20. The number of methoxy groups -OCH3 is 2. The number of ether oxygens (including phenoxy) is 4. The van der Waals surface area contributed by atoms with Gasteiger partial charge in [0.05, 0.1) is 38.7 Å². The van der Waals surface area contributed by atoms with Gasteiger partial charge in [-0.2, -0.15) is 5.10 Å². The Kier molecular flexibility index (Phi) is 8.87. The third kappa shape index (κ3) is 6.32. The zero-order valence-electron chi connectivity index (χ0n) is 20.4. The molecular weight excluding hydrogens is 468 g/mol. The standard InChI is InChI=1S/C25H28N4O7/c1-5-35-24(31)22-15(2)27-25(32)28-23(22)16-10-11-19(20(12-16)34-4)36-14-21(30)29-26-13-17-8-6-7-9-18(17)33-3/h6-13,23H,5,14H2,1-4H3,(H,29,30)(H2,27,28,32)/b26-13-/t23-/m1/s1. The van der Waals surface area contributed by atoms with Gasteiger partial charge >= 0.3 is 12.0 Å². The van der Waals surface area contributed by atoms with Crippen LogP contribution in [-0.4, -0.2) is 51.6 Å². The molecule has 0 bridgehead atoms. The SMILES string of the molecule is CCOC(=O)C1=C(C)NC(=O)N[C@@H]1c1ccc(OCC(=O)N/N=C\c2ccccc2OC)c(OC)c1. The van der Waals surface area contributed by atoms with Gasteiger partial charge in [-0.25, -0.2) is 15.0 Å². The van der Waals surface area contributed by atoms with Crippen LogP contribution in [0.25, 0.3) is 0 Å². The molecule has 0 unspecified atom stereocenters. The molecule has 0 radical (unpaired) electrons. The molecule has 1 heterocycles. The highest BCUT2D eigenvalue weighted by Crippen LogP contribution is 2.34. The van der Waals surface area contributed by atoms with Crippen molar-refractivity contribution in [1.82, 2.24) is 16.1 Å². The number of allylic oxidation sites excluding steroid dienone is 1. The minimum Gasteiger partial charge on any atom is -0.496 e. The van der Waals surface area contributed by atoms with Gasteiger partial charge in [-0.15, -0.1) is 0 Å². The molecule has 0 saturated carbocycles. The number of para-hydroxylation sites is 1. The summed E-state index contributed by atoms with van der Waals surface area (Å²) in [5, 5.41) is 9.23. The predicted octanol–water partition coefficient (Wildman–Crippen LogP) is 2.42. The van der Waals surface area contributed by atoms with Crippen molar-refractivity contribution in [1.29, 1.82) is 0 Å². The van der Waals surface area contributed by atoms with Crippen molar-refractivity contribution in [2.75, 3.05) is 27.4 Å². The molecule has 3 amide bonds. The molecule has 11 nitrogen and oxygen atoms in total. The molecule has 0 spiro atoms. The molecule has 36 heavy (non-hydrogen) atoms. The van der Waals surface area contributed by atoms with Gasteiger partial charge in [0.15, 0.2) is 18.1 Å². The Morgan fingerprint density at radius 2 is 1.83 bits per heavy atom. The summed E-state index contributed by atoms with van der Waals surface area (Å²) in [5.41, 5.74) is 4.34. The molecule has 0 aliphatic carbocycles. The quantitative estimate of drug-likeness (QED) is 0.261. The number of urea groups is 1. The highest BCUT2D eigenvalue weighted by Gasteiger charge is 2.32. The summed E-state index contributed by atoms with van der Waals surface area (Å²) in [4.78, 5) is 36.8. The maximum atomic E-state index is 12.5. The number of amides is 3. The van der Waals surface area contributed by atoms with Gasteiger partial charge in [0.25, 0.3) is 5.91 Å². The van der Waals surface area contributed by atoms with E-state index in [4.69, 9.17) is 18.9 Å². The third-order valence-corrected chi connectivity index (χ3v) is 5.18. The zero-order chi connectivity index (χ0) is 26.1. The van der Waals surface area contributed by atoms with Gasteiger partial charge in [-0.3, -0.25) is 4.79 Å². The number of rotatable bonds is 10. The fourth-order valence-corrected chi connectivity index (χ4v) is 3.53. The van der Waals surface area contributed by atoms with E-state index in [1.807, 2.05) is 12.1 Å². The molecular formula is C25H28N4O7. The first-order valence-electron chi connectivity index (χ1n) is 11.1. The number of hydrazone groups is 1. The van der Waals surface area contributed by atoms with Crippen molar-refractivity contribution in [3.63, 3.8) is 0 Å². The van der Waals surface area contributed by atoms with Crippen LogP contribution in [0.1, 0.15) is 31.0 Å². The van der Waals surface area contributed by atoms with Crippen molar-refractivity contribution >= 4 is 24.1 Å². The van der Waals surface area contributed by atoms with E-state index in [2.05, 4.69) is 21.2 Å². The van der Waals surface area contributed by atoms with Crippen molar-refractivity contribution in [3.05, 3.63) is 64.9 Å². The number of carbonyl (C=O) groups is 3. The molecule has 3 N–H and O–H groups in total. The maximum absolute atomic E-state index is 12.5. The average Bonchev–Trinajstić information content (AvgIpc) is 2.87. The first kappa shape index (κ1) is 26.1. The Morgan fingerprint density at radius 3 is 2.56 bits per heavy atom. The normalized spacial score (nSPS) is 15.1. The molecule has 1 aliphatic rings. The van der Waals surface area contributed by atoms with E-state index in [9.17, 15) is 14.4 Å². The molecule has 1 aliphatic heterocycles. The molecule has 2 aromatic rings. The highest BCUT2D eigenvalue weighted by atomic mass is 16.5. The zero-order valence-corrected chi connectivity index (χ0v) is 20.4. The van der Waals surface area contributed by atoms with E-state index < -0.39 is 23.9 Å². The van der Waals surface area contributed by atoms with Crippen LogP contribution in [0.5, 0.6) is 17.2 Å². The Morgan fingerprint density at radius 1 is 1.08 bits per heavy atom. The summed E-state index contributed by atoms with van der Waals surface area (Å²) in [5.74, 6) is 0.200. The van der Waals surface area contributed by atoms with E-state index in [-0.39, 0.29) is 18.8 Å². The lowest BCUT2D eigenvalue weighted by Gasteiger charge is -2.28. The van der Waals surface area contributed by atoms with E-state index in [1.165, 1.54) is 13.3 Å². The van der Waals surface area contributed by atoms with Crippen LogP contribution in [0.3, 0.4) is 0 Å². The second kappa shape index (κ2) is 12.2. The number of nitrogens with zero attached hydrogens (tertiary/aromatic N) is 1. The first-order chi connectivity index (χ1) is 17.4. The number of hydrogen-bond donors (Lipinski definition) is 3. The summed E-state index contributed by atoms with van der Waals surface area (Å²) in [7, 11) is 2.99. The fourth-order valence-electron chi connectivity index (χ4n) is 3.53. The molecule has 1 atom stereocenters. The Labute approximate surface area is 208 Å². The lowest BCUT2D eigenvalue weighted by Crippen LogP contribution is -2.45. The molecule has 190 valence electrons. The van der Waals surface area contributed by atoms with Gasteiger partial charge in [-0.05, 0) is 43.7 Å². The molecule has 0 aromatic heterocycles. The van der Waals surface area contributed by atoms with Crippen LogP contribution < -0.4 is 30.3 Å². The second-order valence-corrected chi connectivity index (χ2v) is 7.52. The van der Waals surface area contributed by atoms with Crippen molar-refractivity contribution < 1.29 is 33.3 Å². The van der Waals surface area contributed by atoms with E-state index >= 15 is 0 Å². The Bertz CT molecular complexity index is 1190. The summed E-state index contributed by atoms with van der Waals surface area (Å²) in [6, 6.07) is 10.9. The second-order valence-electron chi connectivity index (χ2n) is 7.52. The summed E-state index contributed by atoms with van der Waals surface area (Å²) in [6.07, 6.45) is 1.47. The van der Waals surface area contributed by atoms with Gasteiger partial charge in [0.1, 0.15) is 5.75 Å². The first-order valence-corrected chi connectivity index (χ1v) is 11.1. The summed E-state index contributed by atoms with van der Waals surface area (Å²) >= 11 is 0. The monoisotopic (exact) mass is 496 g/mol. The lowest BCUT2D eigenvalue weighted by atomic mass is 9.95. The number of hydrogen-bond acceptors (Lipinski definition) is 8. The van der Waals surface area contributed by atoms with Crippen molar-refractivity contribution in [2.45, 2.75) is 19.9 Å². The fraction of sp³-hybridized carbons (Fsp3) is 0.280. The van der Waals surface area contributed by atoms with Crippen LogP contribution in [0, 0.1) is 0 Å². The number of esters is 1. The Balaban J connectivity index is 1.69. The third-order valence-electron chi connectivity index (χ3n) is 5.18. The molecule has 0 saturated heterocycles.